The van der Waals surface area contributed by atoms with Crippen molar-refractivity contribution in [1.82, 2.24) is 0 Å². The van der Waals surface area contributed by atoms with Crippen molar-refractivity contribution in [1.29, 1.82) is 0 Å². The third-order valence-electron chi connectivity index (χ3n) is 5.29. The number of rotatable bonds is 2. The molecule has 0 saturated heterocycles. The predicted octanol–water partition coefficient (Wildman–Crippen LogP) is 0.677. The van der Waals surface area contributed by atoms with Gasteiger partial charge in [-0.3, -0.25) is 0 Å². The molecule has 0 fully saturated rings. The summed E-state index contributed by atoms with van der Waals surface area (Å²) >= 11 is 0. The van der Waals surface area contributed by atoms with Crippen LogP contribution in [0.1, 0.15) is 16.7 Å². The van der Waals surface area contributed by atoms with E-state index in [1.165, 1.54) is 48.8 Å². The number of aryl methyl sites for hydroxylation is 3. The summed E-state index contributed by atoms with van der Waals surface area (Å²) in [4.78, 5) is 0. The molecular formula is C27H25Cl2PZr. The smallest absolute Gasteiger partial charge is 1.00 e. The molecule has 0 N–H and O–H groups in total. The molecule has 0 saturated carbocycles. The Morgan fingerprint density at radius 2 is 1.39 bits per heavy atom. The average Bonchev–Trinajstić information content (AvgIpc) is 3.34. The third kappa shape index (κ3) is 6.63. The van der Waals surface area contributed by atoms with Gasteiger partial charge in [-0.05, 0) is 24.7 Å². The Kier molecular flexibility index (Phi) is 11.4. The zero-order chi connectivity index (χ0) is 19.5. The normalized spacial score (nSPS) is 10.2. The van der Waals surface area contributed by atoms with E-state index in [0.29, 0.717) is 0 Å². The molecule has 5 aromatic rings. The molecule has 1 atom stereocenters. The van der Waals surface area contributed by atoms with Gasteiger partial charge in [0, 0.05) is 0 Å². The molecule has 0 aliphatic carbocycles. The van der Waals surface area contributed by atoms with Gasteiger partial charge in [0.25, 0.3) is 0 Å². The van der Waals surface area contributed by atoms with Crippen LogP contribution in [0.25, 0.3) is 21.5 Å². The fourth-order valence-electron chi connectivity index (χ4n) is 3.63. The van der Waals surface area contributed by atoms with Crippen molar-refractivity contribution in [3.05, 3.63) is 108 Å². The number of hydrogen-bond acceptors (Lipinski definition) is 0. The Balaban J connectivity index is 0.000000303. The van der Waals surface area contributed by atoms with Gasteiger partial charge < -0.3 is 24.8 Å². The monoisotopic (exact) mass is 540 g/mol. The Bertz CT molecular complexity index is 1170. The van der Waals surface area contributed by atoms with Crippen LogP contribution in [-0.4, -0.2) is 0 Å². The van der Waals surface area contributed by atoms with Gasteiger partial charge in [-0.2, -0.15) is 18.2 Å². The number of benzene rings is 3. The first-order chi connectivity index (χ1) is 13.6. The molecule has 0 amide bonds. The molecule has 0 radical (unpaired) electrons. The van der Waals surface area contributed by atoms with Crippen LogP contribution in [0.5, 0.6) is 0 Å². The van der Waals surface area contributed by atoms with Crippen molar-refractivity contribution in [3.63, 3.8) is 0 Å². The molecule has 156 valence electrons. The zero-order valence-corrected chi connectivity index (χ0v) is 22.9. The van der Waals surface area contributed by atoms with Crippen LogP contribution < -0.4 is 35.4 Å². The number of halogens is 2. The van der Waals surface area contributed by atoms with E-state index in [2.05, 4.69) is 112 Å². The van der Waals surface area contributed by atoms with Crippen molar-refractivity contribution in [2.45, 2.75) is 20.8 Å². The van der Waals surface area contributed by atoms with Crippen molar-refractivity contribution < 1.29 is 51.0 Å². The molecule has 0 nitrogen and oxygen atoms in total. The quantitative estimate of drug-likeness (QED) is 0.228. The first-order valence-corrected chi connectivity index (χ1v) is 10.7. The topological polar surface area (TPSA) is 0 Å². The molecule has 5 rings (SSSR count). The van der Waals surface area contributed by atoms with Gasteiger partial charge in [-0.25, -0.2) is 0 Å². The van der Waals surface area contributed by atoms with Gasteiger partial charge in [-0.1, -0.05) is 57.5 Å². The van der Waals surface area contributed by atoms with Gasteiger partial charge >= 0.3 is 26.2 Å². The van der Waals surface area contributed by atoms with Crippen LogP contribution in [0.2, 0.25) is 0 Å². The summed E-state index contributed by atoms with van der Waals surface area (Å²) in [7, 11) is 0.759. The molecule has 1 unspecified atom stereocenters. The molecule has 31 heavy (non-hydrogen) atoms. The molecule has 0 spiro atoms. The van der Waals surface area contributed by atoms with Gasteiger partial charge in [0.05, 0.1) is 0 Å². The van der Waals surface area contributed by atoms with E-state index >= 15 is 0 Å². The molecule has 0 aliphatic heterocycles. The zero-order valence-electron chi connectivity index (χ0n) is 17.9. The van der Waals surface area contributed by atoms with Crippen LogP contribution in [0.4, 0.5) is 0 Å². The number of hydrogen-bond donors (Lipinski definition) is 0. The summed E-state index contributed by atoms with van der Waals surface area (Å²) in [5, 5.41) is 8.37. The summed E-state index contributed by atoms with van der Waals surface area (Å²) < 4.78 is 0. The van der Waals surface area contributed by atoms with Crippen molar-refractivity contribution >= 4 is 40.7 Å². The molecule has 0 aromatic heterocycles. The Morgan fingerprint density at radius 3 is 2.10 bits per heavy atom. The van der Waals surface area contributed by atoms with Crippen LogP contribution in [0.3, 0.4) is 0 Å². The van der Waals surface area contributed by atoms with Crippen LogP contribution in [0, 0.1) is 20.8 Å². The minimum Gasteiger partial charge on any atom is -1.00 e. The van der Waals surface area contributed by atoms with Crippen molar-refractivity contribution in [2.24, 2.45) is 0 Å². The van der Waals surface area contributed by atoms with E-state index < -0.39 is 0 Å². The fourth-order valence-corrected chi connectivity index (χ4v) is 4.86. The molecule has 0 heterocycles. The van der Waals surface area contributed by atoms with E-state index in [1.807, 2.05) is 0 Å². The molecule has 0 aliphatic rings. The summed E-state index contributed by atoms with van der Waals surface area (Å²) in [6.45, 7) is 6.49. The van der Waals surface area contributed by atoms with Crippen molar-refractivity contribution in [2.75, 3.05) is 0 Å². The minimum atomic E-state index is 0. The van der Waals surface area contributed by atoms with Gasteiger partial charge in [-0.15, -0.1) is 68.8 Å². The first kappa shape index (κ1) is 27.8. The van der Waals surface area contributed by atoms with E-state index in [0.717, 1.165) is 8.58 Å². The Hall–Kier alpha value is -1.23. The second-order valence-electron chi connectivity index (χ2n) is 7.37. The number of fused-ring (bicyclic) bond motifs is 2. The molecule has 5 aromatic carbocycles. The molecule has 0 bridgehead atoms. The Morgan fingerprint density at radius 1 is 0.710 bits per heavy atom. The SMILES string of the molecule is Cc1ccc(C)c2[cH-]ccc12.Cc1ccccc1Pc1cc2ccccc2[cH-]1.[Cl-].[Cl-].[Zr+4]. The molecule has 4 heteroatoms. The molecular weight excluding hydrogens is 517 g/mol. The Labute approximate surface area is 218 Å². The van der Waals surface area contributed by atoms with Gasteiger partial charge in [0.1, 0.15) is 0 Å². The summed E-state index contributed by atoms with van der Waals surface area (Å²) in [6.07, 6.45) is 0. The van der Waals surface area contributed by atoms with Crippen LogP contribution in [-0.2, 0) is 26.2 Å². The van der Waals surface area contributed by atoms with Crippen LogP contribution >= 0.6 is 8.58 Å². The summed E-state index contributed by atoms with van der Waals surface area (Å²) in [6, 6.07) is 32.6. The average molecular weight is 543 g/mol. The summed E-state index contributed by atoms with van der Waals surface area (Å²) in [5.41, 5.74) is 4.13. The van der Waals surface area contributed by atoms with E-state index in [-0.39, 0.29) is 51.0 Å². The minimum absolute atomic E-state index is 0. The maximum Gasteiger partial charge on any atom is 4.00 e. The largest absolute Gasteiger partial charge is 4.00 e. The third-order valence-corrected chi connectivity index (χ3v) is 6.70. The summed E-state index contributed by atoms with van der Waals surface area (Å²) in [5.74, 6) is 0. The van der Waals surface area contributed by atoms with Gasteiger partial charge in [0.2, 0.25) is 0 Å². The maximum absolute atomic E-state index is 2.31. The van der Waals surface area contributed by atoms with Crippen LogP contribution in [0.15, 0.2) is 91.0 Å². The fraction of sp³-hybridized carbons (Fsp3) is 0.111. The van der Waals surface area contributed by atoms with E-state index in [1.54, 1.807) is 0 Å². The van der Waals surface area contributed by atoms with E-state index in [4.69, 9.17) is 0 Å². The van der Waals surface area contributed by atoms with Gasteiger partial charge in [0.15, 0.2) is 0 Å². The maximum atomic E-state index is 2.31. The van der Waals surface area contributed by atoms with Crippen molar-refractivity contribution in [3.8, 4) is 0 Å². The van der Waals surface area contributed by atoms with E-state index in [9.17, 15) is 0 Å². The second kappa shape index (κ2) is 12.7. The second-order valence-corrected chi connectivity index (χ2v) is 8.73. The predicted molar refractivity (Wildman–Crippen MR) is 127 cm³/mol. The first-order valence-electron chi connectivity index (χ1n) is 9.71. The standard InChI is InChI=1S/C16H14P.C11H11.2ClH.Zr/c1-12-6-2-5-9-16(12)17-15-10-13-7-3-4-8-14(13)11-15;1-8-6-7-9(2)11-5-3-4-10(8)11;;;/h2-11,17H,1H3;3-7H,1-2H3;2*1H;/q2*-1;;;+4/p-2.